The first-order valence-electron chi connectivity index (χ1n) is 8.79. The molecule has 0 saturated heterocycles. The van der Waals surface area contributed by atoms with Gasteiger partial charge in [0.2, 0.25) is 6.79 Å². The standard InChI is InChI=1S/C21H21NO3/c1-3-4-13-7-12-5-6-22(2)16-8-14-9-17-18(25-11-24-17)10-15(14)20(19(12)16)21(13)23/h3,7,9-10,16,23H,1,4-6,8,11H2,2H3. The highest BCUT2D eigenvalue weighted by Crippen LogP contribution is 2.52. The largest absolute Gasteiger partial charge is 0.507 e. The Balaban J connectivity index is 1.82. The maximum absolute atomic E-state index is 11.1. The summed E-state index contributed by atoms with van der Waals surface area (Å²) in [6.45, 7) is 5.14. The quantitative estimate of drug-likeness (QED) is 0.852. The number of ether oxygens (including phenoxy) is 2. The third-order valence-electron chi connectivity index (χ3n) is 5.75. The molecule has 0 spiro atoms. The molecule has 0 amide bonds. The number of fused-ring (bicyclic) bond motifs is 3. The third-order valence-corrected chi connectivity index (χ3v) is 5.75. The minimum atomic E-state index is 0.266. The molecule has 2 heterocycles. The fraction of sp³-hybridized carbons (Fsp3) is 0.333. The summed E-state index contributed by atoms with van der Waals surface area (Å²) in [5.74, 6) is 1.96. The lowest BCUT2D eigenvalue weighted by Crippen LogP contribution is -2.35. The van der Waals surface area contributed by atoms with Gasteiger partial charge in [-0.1, -0.05) is 12.1 Å². The molecule has 3 aliphatic rings. The summed E-state index contributed by atoms with van der Waals surface area (Å²) in [6.07, 6.45) is 4.47. The van der Waals surface area contributed by atoms with Gasteiger partial charge >= 0.3 is 0 Å². The molecule has 1 aliphatic carbocycles. The van der Waals surface area contributed by atoms with Gasteiger partial charge in [-0.2, -0.15) is 0 Å². The van der Waals surface area contributed by atoms with E-state index in [4.69, 9.17) is 9.47 Å². The molecule has 0 aromatic heterocycles. The van der Waals surface area contributed by atoms with Crippen LogP contribution in [0.5, 0.6) is 17.2 Å². The van der Waals surface area contributed by atoms with Crippen LogP contribution in [-0.2, 0) is 19.3 Å². The van der Waals surface area contributed by atoms with Crippen molar-refractivity contribution in [3.63, 3.8) is 0 Å². The predicted octanol–water partition coefficient (Wildman–Crippen LogP) is 3.60. The Labute approximate surface area is 147 Å². The summed E-state index contributed by atoms with van der Waals surface area (Å²) >= 11 is 0. The van der Waals surface area contributed by atoms with Crippen molar-refractivity contribution < 1.29 is 14.6 Å². The zero-order valence-corrected chi connectivity index (χ0v) is 14.3. The maximum atomic E-state index is 11.1. The Hall–Kier alpha value is -2.46. The number of phenolic OH excluding ortho intramolecular Hbond substituents is 1. The zero-order chi connectivity index (χ0) is 17.1. The van der Waals surface area contributed by atoms with E-state index in [-0.39, 0.29) is 6.79 Å². The third kappa shape index (κ3) is 2.04. The second-order valence-electron chi connectivity index (χ2n) is 7.14. The Bertz CT molecular complexity index is 903. The normalized spacial score (nSPS) is 20.1. The van der Waals surface area contributed by atoms with Crippen molar-refractivity contribution in [2.45, 2.75) is 25.3 Å². The van der Waals surface area contributed by atoms with Gasteiger partial charge in [0.15, 0.2) is 11.5 Å². The number of likely N-dealkylation sites (N-methyl/N-ethyl adjacent to an activating group) is 1. The number of phenols is 1. The highest BCUT2D eigenvalue weighted by molar-refractivity contribution is 5.83. The molecule has 4 nitrogen and oxygen atoms in total. The Morgan fingerprint density at radius 1 is 1.24 bits per heavy atom. The van der Waals surface area contributed by atoms with Gasteiger partial charge in [-0.3, -0.25) is 4.90 Å². The van der Waals surface area contributed by atoms with E-state index < -0.39 is 0 Å². The lowest BCUT2D eigenvalue weighted by atomic mass is 9.75. The van der Waals surface area contributed by atoms with E-state index in [9.17, 15) is 5.11 Å². The fourth-order valence-corrected chi connectivity index (χ4v) is 4.50. The first-order chi connectivity index (χ1) is 12.2. The van der Waals surface area contributed by atoms with Crippen molar-refractivity contribution in [3.05, 3.63) is 53.1 Å². The van der Waals surface area contributed by atoms with Gasteiger partial charge < -0.3 is 14.6 Å². The molecular weight excluding hydrogens is 314 g/mol. The van der Waals surface area contributed by atoms with Gasteiger partial charge in [0.1, 0.15) is 5.75 Å². The molecule has 1 atom stereocenters. The fourth-order valence-electron chi connectivity index (χ4n) is 4.50. The summed E-state index contributed by atoms with van der Waals surface area (Å²) in [4.78, 5) is 2.39. The average molecular weight is 335 g/mol. The van der Waals surface area contributed by atoms with Crippen LogP contribution in [0.2, 0.25) is 0 Å². The number of allylic oxidation sites excluding steroid dienone is 1. The first-order valence-corrected chi connectivity index (χ1v) is 8.79. The van der Waals surface area contributed by atoms with Gasteiger partial charge in [0, 0.05) is 18.2 Å². The molecule has 5 rings (SSSR count). The molecular formula is C21H21NO3. The van der Waals surface area contributed by atoms with Crippen LogP contribution in [0.15, 0.2) is 30.9 Å². The molecule has 25 heavy (non-hydrogen) atoms. The molecule has 4 heteroatoms. The lowest BCUT2D eigenvalue weighted by Gasteiger charge is -2.40. The molecule has 0 fully saturated rings. The Morgan fingerprint density at radius 3 is 2.84 bits per heavy atom. The predicted molar refractivity (Wildman–Crippen MR) is 96.3 cm³/mol. The molecule has 0 bridgehead atoms. The van der Waals surface area contributed by atoms with Crippen LogP contribution in [-0.4, -0.2) is 30.4 Å². The van der Waals surface area contributed by atoms with Crippen LogP contribution in [0.3, 0.4) is 0 Å². The van der Waals surface area contributed by atoms with Gasteiger partial charge in [-0.25, -0.2) is 0 Å². The monoisotopic (exact) mass is 335 g/mol. The van der Waals surface area contributed by atoms with E-state index in [0.717, 1.165) is 47.6 Å². The minimum absolute atomic E-state index is 0.266. The molecule has 2 aromatic carbocycles. The van der Waals surface area contributed by atoms with Crippen molar-refractivity contribution in [2.75, 3.05) is 20.4 Å². The van der Waals surface area contributed by atoms with Crippen molar-refractivity contribution in [1.82, 2.24) is 4.90 Å². The van der Waals surface area contributed by atoms with E-state index in [2.05, 4.69) is 30.7 Å². The van der Waals surface area contributed by atoms with E-state index in [1.807, 2.05) is 12.1 Å². The van der Waals surface area contributed by atoms with Crippen LogP contribution in [0.25, 0.3) is 11.1 Å². The molecule has 2 aromatic rings. The summed E-state index contributed by atoms with van der Waals surface area (Å²) < 4.78 is 11.2. The number of hydrogen-bond acceptors (Lipinski definition) is 4. The number of rotatable bonds is 2. The molecule has 2 aliphatic heterocycles. The molecule has 128 valence electrons. The second kappa shape index (κ2) is 5.27. The Kier molecular flexibility index (Phi) is 3.13. The highest BCUT2D eigenvalue weighted by atomic mass is 16.7. The van der Waals surface area contributed by atoms with Gasteiger partial charge in [0.05, 0.1) is 0 Å². The smallest absolute Gasteiger partial charge is 0.231 e. The van der Waals surface area contributed by atoms with Crippen LogP contribution >= 0.6 is 0 Å². The topological polar surface area (TPSA) is 41.9 Å². The van der Waals surface area contributed by atoms with Gasteiger partial charge in [-0.15, -0.1) is 6.58 Å². The van der Waals surface area contributed by atoms with Gasteiger partial charge in [0.25, 0.3) is 0 Å². The lowest BCUT2D eigenvalue weighted by molar-refractivity contribution is 0.174. The average Bonchev–Trinajstić information content (AvgIpc) is 3.06. The minimum Gasteiger partial charge on any atom is -0.507 e. The van der Waals surface area contributed by atoms with Crippen molar-refractivity contribution >= 4 is 0 Å². The molecule has 0 radical (unpaired) electrons. The summed E-state index contributed by atoms with van der Waals surface area (Å²) in [5, 5.41) is 11.1. The van der Waals surface area contributed by atoms with Crippen molar-refractivity contribution in [1.29, 1.82) is 0 Å². The van der Waals surface area contributed by atoms with Gasteiger partial charge in [-0.05, 0) is 66.3 Å². The van der Waals surface area contributed by atoms with E-state index >= 15 is 0 Å². The van der Waals surface area contributed by atoms with Crippen LogP contribution in [0.4, 0.5) is 0 Å². The van der Waals surface area contributed by atoms with Crippen LogP contribution in [0.1, 0.15) is 28.3 Å². The Morgan fingerprint density at radius 2 is 2.04 bits per heavy atom. The van der Waals surface area contributed by atoms with Crippen LogP contribution in [0, 0.1) is 0 Å². The SMILES string of the molecule is C=CCc1cc2c3c(c1O)-c1cc4c(cc1CC3N(C)CC2)OCO4. The molecule has 1 N–H and O–H groups in total. The first kappa shape index (κ1) is 14.8. The summed E-state index contributed by atoms with van der Waals surface area (Å²) in [6, 6.07) is 6.60. The number of nitrogens with zero attached hydrogens (tertiary/aromatic N) is 1. The molecule has 1 unspecified atom stereocenters. The van der Waals surface area contributed by atoms with Crippen LogP contribution < -0.4 is 9.47 Å². The van der Waals surface area contributed by atoms with Crippen molar-refractivity contribution in [2.24, 2.45) is 0 Å². The van der Waals surface area contributed by atoms with E-state index in [1.54, 1.807) is 0 Å². The molecule has 0 saturated carbocycles. The van der Waals surface area contributed by atoms with Crippen molar-refractivity contribution in [3.8, 4) is 28.4 Å². The maximum Gasteiger partial charge on any atom is 0.231 e. The van der Waals surface area contributed by atoms with E-state index in [1.165, 1.54) is 16.7 Å². The highest BCUT2D eigenvalue weighted by Gasteiger charge is 2.36. The van der Waals surface area contributed by atoms with E-state index in [0.29, 0.717) is 18.2 Å². The zero-order valence-electron chi connectivity index (χ0n) is 14.3. The second-order valence-corrected chi connectivity index (χ2v) is 7.14. The summed E-state index contributed by atoms with van der Waals surface area (Å²) in [7, 11) is 2.17. The number of hydrogen-bond donors (Lipinski definition) is 1. The summed E-state index contributed by atoms with van der Waals surface area (Å²) in [5.41, 5.74) is 6.87. The number of benzene rings is 2. The number of aromatic hydroxyl groups is 1.